The van der Waals surface area contributed by atoms with Crippen LogP contribution in [0.2, 0.25) is 0 Å². The molecule has 2 unspecified atom stereocenters. The van der Waals surface area contributed by atoms with Crippen LogP contribution in [0.4, 0.5) is 0 Å². The average molecular weight is 283 g/mol. The van der Waals surface area contributed by atoms with Crippen LogP contribution < -0.4 is 15.2 Å². The summed E-state index contributed by atoms with van der Waals surface area (Å²) in [5.41, 5.74) is 11.1. The monoisotopic (exact) mass is 283 g/mol. The second kappa shape index (κ2) is 5.41. The fourth-order valence-corrected chi connectivity index (χ4v) is 2.99. The quantitative estimate of drug-likeness (QED) is 0.911. The largest absolute Gasteiger partial charge is 0.497 e. The zero-order valence-electron chi connectivity index (χ0n) is 12.7. The van der Waals surface area contributed by atoms with Crippen LogP contribution in [-0.4, -0.2) is 7.11 Å². The number of ether oxygens (including phenoxy) is 2. The molecule has 0 saturated heterocycles. The molecule has 1 aliphatic rings. The molecule has 2 aromatic carbocycles. The summed E-state index contributed by atoms with van der Waals surface area (Å²) in [6.07, 6.45) is 0.797. The first-order valence-corrected chi connectivity index (χ1v) is 7.26. The molecule has 0 aromatic heterocycles. The van der Waals surface area contributed by atoms with Crippen LogP contribution in [0.3, 0.4) is 0 Å². The van der Waals surface area contributed by atoms with Crippen molar-refractivity contribution in [2.45, 2.75) is 32.4 Å². The van der Waals surface area contributed by atoms with Crippen molar-refractivity contribution in [3.05, 3.63) is 58.7 Å². The molecule has 0 amide bonds. The number of aryl methyl sites for hydroxylation is 2. The Morgan fingerprint density at radius 1 is 1.10 bits per heavy atom. The number of benzene rings is 2. The molecule has 2 N–H and O–H groups in total. The number of nitrogens with two attached hydrogens (primary N) is 1. The minimum Gasteiger partial charge on any atom is -0.497 e. The van der Waals surface area contributed by atoms with Crippen molar-refractivity contribution in [3.8, 4) is 11.5 Å². The van der Waals surface area contributed by atoms with Crippen molar-refractivity contribution < 1.29 is 9.47 Å². The van der Waals surface area contributed by atoms with Crippen LogP contribution in [0.25, 0.3) is 0 Å². The maximum Gasteiger partial charge on any atom is 0.126 e. The number of rotatable bonds is 2. The van der Waals surface area contributed by atoms with Gasteiger partial charge in [-0.2, -0.15) is 0 Å². The molecular formula is C18H21NO2. The molecule has 0 saturated carbocycles. The highest BCUT2D eigenvalue weighted by Gasteiger charge is 2.28. The van der Waals surface area contributed by atoms with Crippen LogP contribution in [-0.2, 0) is 0 Å². The molecule has 3 nitrogen and oxygen atoms in total. The lowest BCUT2D eigenvalue weighted by Crippen LogP contribution is -2.24. The van der Waals surface area contributed by atoms with Gasteiger partial charge in [0.25, 0.3) is 0 Å². The van der Waals surface area contributed by atoms with Gasteiger partial charge in [-0.3, -0.25) is 0 Å². The van der Waals surface area contributed by atoms with Gasteiger partial charge in [0.15, 0.2) is 0 Å². The van der Waals surface area contributed by atoms with Gasteiger partial charge in [-0.15, -0.1) is 0 Å². The summed E-state index contributed by atoms with van der Waals surface area (Å²) in [4.78, 5) is 0. The van der Waals surface area contributed by atoms with E-state index in [4.69, 9.17) is 15.2 Å². The second-order valence-corrected chi connectivity index (χ2v) is 5.71. The fraction of sp³-hybridized carbons (Fsp3) is 0.333. The summed E-state index contributed by atoms with van der Waals surface area (Å²) < 4.78 is 11.4. The van der Waals surface area contributed by atoms with Crippen LogP contribution in [0.15, 0.2) is 36.4 Å². The molecule has 1 heterocycles. The summed E-state index contributed by atoms with van der Waals surface area (Å²) in [6, 6.07) is 12.3. The van der Waals surface area contributed by atoms with Crippen molar-refractivity contribution in [3.63, 3.8) is 0 Å². The lowest BCUT2D eigenvalue weighted by atomic mass is 9.91. The Morgan fingerprint density at radius 2 is 1.90 bits per heavy atom. The Hall–Kier alpha value is -2.00. The van der Waals surface area contributed by atoms with E-state index >= 15 is 0 Å². The molecule has 1 aliphatic heterocycles. The summed E-state index contributed by atoms with van der Waals surface area (Å²) in [5.74, 6) is 1.68. The topological polar surface area (TPSA) is 44.5 Å². The van der Waals surface area contributed by atoms with Gasteiger partial charge in [0.1, 0.15) is 17.6 Å². The molecular weight excluding hydrogens is 262 g/mol. The van der Waals surface area contributed by atoms with Gasteiger partial charge >= 0.3 is 0 Å². The second-order valence-electron chi connectivity index (χ2n) is 5.71. The van der Waals surface area contributed by atoms with Crippen molar-refractivity contribution >= 4 is 0 Å². The first-order valence-electron chi connectivity index (χ1n) is 7.26. The molecule has 3 rings (SSSR count). The summed E-state index contributed by atoms with van der Waals surface area (Å²) in [6.45, 7) is 4.23. The number of methoxy groups -OCH3 is 1. The van der Waals surface area contributed by atoms with Gasteiger partial charge in [0.2, 0.25) is 0 Å². The molecule has 0 fully saturated rings. The maximum absolute atomic E-state index is 6.34. The van der Waals surface area contributed by atoms with E-state index in [1.165, 1.54) is 16.7 Å². The molecule has 110 valence electrons. The molecule has 2 atom stereocenters. The van der Waals surface area contributed by atoms with E-state index in [1.54, 1.807) is 7.11 Å². The zero-order valence-corrected chi connectivity index (χ0v) is 12.7. The molecule has 0 aliphatic carbocycles. The SMILES string of the molecule is COc1ccc2c(c1)C(N)CC(c1ccc(C)cc1C)O2. The predicted octanol–water partition coefficient (Wildman–Crippen LogP) is 3.84. The number of hydrogen-bond acceptors (Lipinski definition) is 3. The smallest absolute Gasteiger partial charge is 0.126 e. The normalized spacial score (nSPS) is 20.6. The first kappa shape index (κ1) is 14.0. The molecule has 21 heavy (non-hydrogen) atoms. The van der Waals surface area contributed by atoms with Crippen LogP contribution in [0, 0.1) is 13.8 Å². The number of hydrogen-bond donors (Lipinski definition) is 1. The Morgan fingerprint density at radius 3 is 2.62 bits per heavy atom. The Bertz CT molecular complexity index is 666. The summed E-state index contributed by atoms with van der Waals surface area (Å²) in [7, 11) is 1.66. The summed E-state index contributed by atoms with van der Waals surface area (Å²) in [5, 5.41) is 0. The Balaban J connectivity index is 1.94. The third kappa shape index (κ3) is 2.61. The molecule has 0 bridgehead atoms. The Kier molecular flexibility index (Phi) is 3.60. The highest BCUT2D eigenvalue weighted by Crippen LogP contribution is 2.41. The van der Waals surface area contributed by atoms with Gasteiger partial charge in [0.05, 0.1) is 7.11 Å². The third-order valence-corrected chi connectivity index (χ3v) is 4.13. The average Bonchev–Trinajstić information content (AvgIpc) is 2.47. The van der Waals surface area contributed by atoms with E-state index in [1.807, 2.05) is 18.2 Å². The number of fused-ring (bicyclic) bond motifs is 1. The lowest BCUT2D eigenvalue weighted by Gasteiger charge is -2.31. The lowest BCUT2D eigenvalue weighted by molar-refractivity contribution is 0.160. The van der Waals surface area contributed by atoms with Crippen LogP contribution >= 0.6 is 0 Å². The minimum absolute atomic E-state index is 0.0153. The first-order chi connectivity index (χ1) is 10.1. The van der Waals surface area contributed by atoms with Crippen LogP contribution in [0.5, 0.6) is 11.5 Å². The highest BCUT2D eigenvalue weighted by atomic mass is 16.5. The van der Waals surface area contributed by atoms with E-state index in [2.05, 4.69) is 32.0 Å². The molecule has 0 radical (unpaired) electrons. The van der Waals surface area contributed by atoms with Crippen molar-refractivity contribution in [1.82, 2.24) is 0 Å². The third-order valence-electron chi connectivity index (χ3n) is 4.13. The van der Waals surface area contributed by atoms with Crippen molar-refractivity contribution in [1.29, 1.82) is 0 Å². The van der Waals surface area contributed by atoms with Crippen molar-refractivity contribution in [2.24, 2.45) is 5.73 Å². The highest BCUT2D eigenvalue weighted by molar-refractivity contribution is 5.45. The van der Waals surface area contributed by atoms with Gasteiger partial charge in [-0.1, -0.05) is 23.8 Å². The van der Waals surface area contributed by atoms with E-state index in [0.717, 1.165) is 23.5 Å². The van der Waals surface area contributed by atoms with E-state index in [-0.39, 0.29) is 12.1 Å². The van der Waals surface area contributed by atoms with Gasteiger partial charge in [0, 0.05) is 18.0 Å². The van der Waals surface area contributed by atoms with E-state index in [0.29, 0.717) is 0 Å². The van der Waals surface area contributed by atoms with Crippen LogP contribution in [0.1, 0.15) is 40.8 Å². The van der Waals surface area contributed by atoms with Gasteiger partial charge in [-0.25, -0.2) is 0 Å². The van der Waals surface area contributed by atoms with E-state index in [9.17, 15) is 0 Å². The zero-order chi connectivity index (χ0) is 15.0. The van der Waals surface area contributed by atoms with Gasteiger partial charge in [-0.05, 0) is 43.2 Å². The maximum atomic E-state index is 6.34. The predicted molar refractivity (Wildman–Crippen MR) is 83.8 cm³/mol. The minimum atomic E-state index is -0.0328. The fourth-order valence-electron chi connectivity index (χ4n) is 2.99. The molecule has 0 spiro atoms. The van der Waals surface area contributed by atoms with E-state index < -0.39 is 0 Å². The standard InChI is InChI=1S/C18H21NO2/c1-11-4-6-14(12(2)8-11)18-10-16(19)15-9-13(20-3)5-7-17(15)21-18/h4-9,16,18H,10,19H2,1-3H3. The van der Waals surface area contributed by atoms with Gasteiger partial charge < -0.3 is 15.2 Å². The Labute approximate surface area is 125 Å². The van der Waals surface area contributed by atoms with Crippen molar-refractivity contribution in [2.75, 3.05) is 7.11 Å². The molecule has 3 heteroatoms. The summed E-state index contributed by atoms with van der Waals surface area (Å²) >= 11 is 0. The molecule has 2 aromatic rings.